The average molecular weight is 276 g/mol. The molecule has 0 saturated carbocycles. The highest BCUT2D eigenvalue weighted by molar-refractivity contribution is 5.80. The van der Waals surface area contributed by atoms with E-state index in [1.165, 1.54) is 0 Å². The summed E-state index contributed by atoms with van der Waals surface area (Å²) in [6.45, 7) is 5.06. The first kappa shape index (κ1) is 15.0. The molecule has 4 nitrogen and oxygen atoms in total. The van der Waals surface area contributed by atoms with Gasteiger partial charge in [-0.3, -0.25) is 4.79 Å². The van der Waals surface area contributed by atoms with Gasteiger partial charge in [0.1, 0.15) is 0 Å². The molecule has 1 aliphatic heterocycles. The summed E-state index contributed by atoms with van der Waals surface area (Å²) < 4.78 is 5.60. The highest BCUT2D eigenvalue weighted by atomic mass is 16.5. The smallest absolute Gasteiger partial charge is 0.226 e. The van der Waals surface area contributed by atoms with E-state index >= 15 is 0 Å². The standard InChI is InChI=1S/C16H24N2O2/c1-3-14-13(9-10-20-14)15(19)18-16(2,11-17)12-7-5-4-6-8-12/h4-8,13-14H,3,9-11,17H2,1-2H3,(H,18,19). The van der Waals surface area contributed by atoms with Gasteiger partial charge in [0.15, 0.2) is 0 Å². The van der Waals surface area contributed by atoms with Crippen LogP contribution in [0.3, 0.4) is 0 Å². The maximum atomic E-state index is 12.5. The first-order valence-electron chi connectivity index (χ1n) is 7.30. The Kier molecular flexibility index (Phi) is 4.78. The van der Waals surface area contributed by atoms with Crippen LogP contribution in [0, 0.1) is 5.92 Å². The first-order chi connectivity index (χ1) is 9.60. The summed E-state index contributed by atoms with van der Waals surface area (Å²) in [4.78, 5) is 12.5. The molecule has 3 unspecified atom stereocenters. The van der Waals surface area contributed by atoms with Crippen LogP contribution in [0.5, 0.6) is 0 Å². The number of rotatable bonds is 5. The van der Waals surface area contributed by atoms with Crippen LogP contribution >= 0.6 is 0 Å². The SMILES string of the molecule is CCC1OCCC1C(=O)NC(C)(CN)c1ccccc1. The van der Waals surface area contributed by atoms with Crippen molar-refractivity contribution in [2.24, 2.45) is 11.7 Å². The zero-order chi connectivity index (χ0) is 14.6. The van der Waals surface area contributed by atoms with Gasteiger partial charge in [-0.25, -0.2) is 0 Å². The second-order valence-corrected chi connectivity index (χ2v) is 5.60. The van der Waals surface area contributed by atoms with E-state index in [2.05, 4.69) is 12.2 Å². The maximum Gasteiger partial charge on any atom is 0.226 e. The van der Waals surface area contributed by atoms with Crippen molar-refractivity contribution in [2.75, 3.05) is 13.2 Å². The maximum absolute atomic E-state index is 12.5. The van der Waals surface area contributed by atoms with Gasteiger partial charge in [0, 0.05) is 13.2 Å². The Morgan fingerprint density at radius 1 is 1.45 bits per heavy atom. The summed E-state index contributed by atoms with van der Waals surface area (Å²) in [5, 5.41) is 3.12. The molecule has 0 bridgehead atoms. The molecule has 0 aliphatic carbocycles. The molecule has 0 spiro atoms. The topological polar surface area (TPSA) is 64.3 Å². The molecule has 1 saturated heterocycles. The van der Waals surface area contributed by atoms with Crippen molar-refractivity contribution in [2.45, 2.75) is 38.3 Å². The molecule has 1 amide bonds. The number of nitrogens with one attached hydrogen (secondary N) is 1. The Hall–Kier alpha value is -1.39. The number of ether oxygens (including phenoxy) is 1. The fraction of sp³-hybridized carbons (Fsp3) is 0.562. The average Bonchev–Trinajstić information content (AvgIpc) is 2.96. The van der Waals surface area contributed by atoms with Crippen molar-refractivity contribution >= 4 is 5.91 Å². The molecule has 4 heteroatoms. The van der Waals surface area contributed by atoms with Crippen LogP contribution in [0.25, 0.3) is 0 Å². The van der Waals surface area contributed by atoms with Gasteiger partial charge in [-0.1, -0.05) is 37.3 Å². The molecule has 1 fully saturated rings. The van der Waals surface area contributed by atoms with E-state index in [1.807, 2.05) is 37.3 Å². The van der Waals surface area contributed by atoms with E-state index in [9.17, 15) is 4.79 Å². The van der Waals surface area contributed by atoms with Crippen LogP contribution in [0.2, 0.25) is 0 Å². The predicted octanol–water partition coefficient (Wildman–Crippen LogP) is 1.79. The summed E-state index contributed by atoms with van der Waals surface area (Å²) in [6.07, 6.45) is 1.69. The van der Waals surface area contributed by atoms with E-state index in [1.54, 1.807) is 0 Å². The van der Waals surface area contributed by atoms with Gasteiger partial charge < -0.3 is 15.8 Å². The molecule has 1 heterocycles. The number of carbonyl (C=O) groups excluding carboxylic acids is 1. The zero-order valence-electron chi connectivity index (χ0n) is 12.3. The summed E-state index contributed by atoms with van der Waals surface area (Å²) in [5.41, 5.74) is 6.41. The van der Waals surface area contributed by atoms with Crippen molar-refractivity contribution in [3.05, 3.63) is 35.9 Å². The largest absolute Gasteiger partial charge is 0.377 e. The number of hydrogen-bond donors (Lipinski definition) is 2. The molecule has 3 N–H and O–H groups in total. The number of carbonyl (C=O) groups is 1. The van der Waals surface area contributed by atoms with Crippen LogP contribution in [0.15, 0.2) is 30.3 Å². The molecule has 0 aromatic heterocycles. The fourth-order valence-corrected chi connectivity index (χ4v) is 2.76. The third-order valence-corrected chi connectivity index (χ3v) is 4.17. The van der Waals surface area contributed by atoms with Gasteiger partial charge in [-0.2, -0.15) is 0 Å². The quantitative estimate of drug-likeness (QED) is 0.862. The highest BCUT2D eigenvalue weighted by Gasteiger charge is 2.36. The summed E-state index contributed by atoms with van der Waals surface area (Å²) >= 11 is 0. The van der Waals surface area contributed by atoms with Crippen molar-refractivity contribution in [1.29, 1.82) is 0 Å². The number of benzene rings is 1. The minimum absolute atomic E-state index is 0.0350. The van der Waals surface area contributed by atoms with Crippen LogP contribution in [-0.4, -0.2) is 25.2 Å². The Morgan fingerprint density at radius 3 is 2.75 bits per heavy atom. The molecule has 110 valence electrons. The molecule has 1 aliphatic rings. The Labute approximate surface area is 120 Å². The Morgan fingerprint density at radius 2 is 2.15 bits per heavy atom. The minimum atomic E-state index is -0.529. The number of hydrogen-bond acceptors (Lipinski definition) is 3. The lowest BCUT2D eigenvalue weighted by Gasteiger charge is -2.32. The second kappa shape index (κ2) is 6.37. The number of nitrogens with two attached hydrogens (primary N) is 1. The van der Waals surface area contributed by atoms with E-state index < -0.39 is 5.54 Å². The van der Waals surface area contributed by atoms with Crippen molar-refractivity contribution in [1.82, 2.24) is 5.32 Å². The van der Waals surface area contributed by atoms with Crippen LogP contribution in [0.4, 0.5) is 0 Å². The molecular formula is C16H24N2O2. The summed E-state index contributed by atoms with van der Waals surface area (Å²) in [6, 6.07) is 9.87. The van der Waals surface area contributed by atoms with Gasteiger partial charge in [0.05, 0.1) is 17.6 Å². The second-order valence-electron chi connectivity index (χ2n) is 5.60. The molecule has 1 aromatic rings. The van der Waals surface area contributed by atoms with Gasteiger partial charge in [-0.15, -0.1) is 0 Å². The van der Waals surface area contributed by atoms with E-state index in [-0.39, 0.29) is 17.9 Å². The minimum Gasteiger partial charge on any atom is -0.377 e. The van der Waals surface area contributed by atoms with Crippen LogP contribution in [0.1, 0.15) is 32.3 Å². The third kappa shape index (κ3) is 3.02. The molecule has 20 heavy (non-hydrogen) atoms. The van der Waals surface area contributed by atoms with E-state index in [0.717, 1.165) is 18.4 Å². The lowest BCUT2D eigenvalue weighted by atomic mass is 9.90. The van der Waals surface area contributed by atoms with Crippen molar-refractivity contribution < 1.29 is 9.53 Å². The van der Waals surface area contributed by atoms with Crippen molar-refractivity contribution in [3.63, 3.8) is 0 Å². The molecular weight excluding hydrogens is 252 g/mol. The molecule has 1 aromatic carbocycles. The monoisotopic (exact) mass is 276 g/mol. The Bertz CT molecular complexity index is 449. The third-order valence-electron chi connectivity index (χ3n) is 4.17. The van der Waals surface area contributed by atoms with Crippen molar-refractivity contribution in [3.8, 4) is 0 Å². The summed E-state index contributed by atoms with van der Waals surface area (Å²) in [5.74, 6) is -0.0132. The zero-order valence-corrected chi connectivity index (χ0v) is 12.3. The van der Waals surface area contributed by atoms with E-state index in [0.29, 0.717) is 13.2 Å². The van der Waals surface area contributed by atoms with E-state index in [4.69, 9.17) is 10.5 Å². The predicted molar refractivity (Wildman–Crippen MR) is 79.1 cm³/mol. The van der Waals surface area contributed by atoms with Gasteiger partial charge >= 0.3 is 0 Å². The van der Waals surface area contributed by atoms with Gasteiger partial charge in [0.25, 0.3) is 0 Å². The molecule has 3 atom stereocenters. The van der Waals surface area contributed by atoms with Crippen LogP contribution in [-0.2, 0) is 15.1 Å². The first-order valence-corrected chi connectivity index (χ1v) is 7.30. The van der Waals surface area contributed by atoms with Gasteiger partial charge in [-0.05, 0) is 25.3 Å². The normalized spacial score (nSPS) is 25.1. The summed E-state index contributed by atoms with van der Waals surface area (Å²) in [7, 11) is 0. The fourth-order valence-electron chi connectivity index (χ4n) is 2.76. The highest BCUT2D eigenvalue weighted by Crippen LogP contribution is 2.26. The lowest BCUT2D eigenvalue weighted by Crippen LogP contribution is -2.51. The molecule has 0 radical (unpaired) electrons. The van der Waals surface area contributed by atoms with Gasteiger partial charge in [0.2, 0.25) is 5.91 Å². The number of amides is 1. The van der Waals surface area contributed by atoms with Crippen LogP contribution < -0.4 is 11.1 Å². The lowest BCUT2D eigenvalue weighted by molar-refractivity contribution is -0.128. The Balaban J connectivity index is 2.12. The molecule has 2 rings (SSSR count).